The summed E-state index contributed by atoms with van der Waals surface area (Å²) in [5, 5.41) is 15.2. The predicted octanol–water partition coefficient (Wildman–Crippen LogP) is 9.42. The van der Waals surface area contributed by atoms with Crippen LogP contribution in [0.4, 0.5) is 29.2 Å². The number of carbonyl (C=O) groups is 1. The highest BCUT2D eigenvalue weighted by atomic mass is 35.5. The smallest absolute Gasteiger partial charge is 0.319 e. The van der Waals surface area contributed by atoms with Crippen molar-refractivity contribution in [3.63, 3.8) is 0 Å². The molecule has 2 N–H and O–H groups in total. The molecule has 4 fully saturated rings. The molecule has 20 nitrogen and oxygen atoms in total. The second-order valence-corrected chi connectivity index (χ2v) is 21.4. The maximum absolute atomic E-state index is 15.6. The molecule has 26 heteroatoms. The number of alkyl halides is 2. The lowest BCUT2D eigenvalue weighted by Gasteiger charge is -2.36. The van der Waals surface area contributed by atoms with Crippen molar-refractivity contribution in [1.29, 1.82) is 0 Å². The van der Waals surface area contributed by atoms with E-state index in [2.05, 4.69) is 56.8 Å². The van der Waals surface area contributed by atoms with Crippen LogP contribution in [-0.2, 0) is 4.79 Å². The Bertz CT molecular complexity index is 3600. The van der Waals surface area contributed by atoms with Gasteiger partial charge < -0.3 is 43.4 Å². The summed E-state index contributed by atoms with van der Waals surface area (Å²) < 4.78 is 84.3. The number of pyridine rings is 2. The molecule has 2 atom stereocenters. The number of amides is 1. The molecule has 12 rings (SSSR count). The van der Waals surface area contributed by atoms with E-state index in [1.165, 1.54) is 36.8 Å². The molecule has 4 aliphatic heterocycles. The number of rotatable bonds is 13. The van der Waals surface area contributed by atoms with Crippen LogP contribution in [0.2, 0.25) is 10.0 Å². The van der Waals surface area contributed by atoms with E-state index in [0.29, 0.717) is 95.2 Å². The first-order valence-corrected chi connectivity index (χ1v) is 27.1. The number of fused-ring (bicyclic) bond motifs is 4. The minimum atomic E-state index is -1.56. The van der Waals surface area contributed by atoms with Crippen LogP contribution in [0.5, 0.6) is 35.3 Å². The van der Waals surface area contributed by atoms with Crippen molar-refractivity contribution in [2.45, 2.75) is 56.3 Å². The number of nitrogens with one attached hydrogen (secondary N) is 2. The van der Waals surface area contributed by atoms with Crippen molar-refractivity contribution in [2.75, 3.05) is 103 Å². The van der Waals surface area contributed by atoms with Crippen LogP contribution >= 0.6 is 23.2 Å². The zero-order chi connectivity index (χ0) is 55.7. The van der Waals surface area contributed by atoms with Gasteiger partial charge in [-0.2, -0.15) is 30.1 Å². The number of aromatic amines is 2. The Morgan fingerprint density at radius 3 is 1.56 bits per heavy atom. The maximum atomic E-state index is 15.6. The van der Waals surface area contributed by atoms with E-state index < -0.39 is 23.0 Å². The number of halogens is 6. The van der Waals surface area contributed by atoms with Crippen LogP contribution in [0.25, 0.3) is 43.6 Å². The van der Waals surface area contributed by atoms with Gasteiger partial charge >= 0.3 is 12.0 Å². The van der Waals surface area contributed by atoms with Gasteiger partial charge in [-0.05, 0) is 90.3 Å². The van der Waals surface area contributed by atoms with Crippen molar-refractivity contribution in [2.24, 2.45) is 0 Å². The van der Waals surface area contributed by atoms with Gasteiger partial charge in [-0.15, -0.1) is 0 Å². The minimum absolute atomic E-state index is 0.0209. The number of hydrogen-bond donors (Lipinski definition) is 2. The summed E-state index contributed by atoms with van der Waals surface area (Å²) in [7, 11) is 3.77. The van der Waals surface area contributed by atoms with Crippen LogP contribution in [-0.4, -0.2) is 175 Å². The van der Waals surface area contributed by atoms with Gasteiger partial charge in [0.25, 0.3) is 0 Å². The minimum Gasteiger partial charge on any atom is -0.460 e. The van der Waals surface area contributed by atoms with Gasteiger partial charge in [-0.3, -0.25) is 15.0 Å². The molecule has 0 aliphatic carbocycles. The van der Waals surface area contributed by atoms with Crippen molar-refractivity contribution in [3.8, 4) is 35.3 Å². The van der Waals surface area contributed by atoms with Crippen LogP contribution in [0.3, 0.4) is 0 Å². The molecule has 420 valence electrons. The van der Waals surface area contributed by atoms with Gasteiger partial charge in [-0.25, -0.2) is 27.5 Å². The predicted molar refractivity (Wildman–Crippen MR) is 294 cm³/mol. The molecule has 10 heterocycles. The summed E-state index contributed by atoms with van der Waals surface area (Å²) in [4.78, 5) is 49.2. The molecule has 1 amide bonds. The Hall–Kier alpha value is -7.41. The van der Waals surface area contributed by atoms with Crippen molar-refractivity contribution in [1.82, 2.24) is 65.0 Å². The van der Waals surface area contributed by atoms with E-state index in [-0.39, 0.29) is 83.1 Å². The molecule has 0 radical (unpaired) electrons. The number of H-pyrrole nitrogens is 2. The Balaban J connectivity index is 0.000000170. The number of aromatic nitrogens is 10. The first-order valence-electron chi connectivity index (χ1n) is 26.4. The fourth-order valence-corrected chi connectivity index (χ4v) is 11.2. The highest BCUT2D eigenvalue weighted by Gasteiger charge is 2.37. The van der Waals surface area contributed by atoms with Gasteiger partial charge in [-0.1, -0.05) is 29.8 Å². The average molecular weight is 1140 g/mol. The third-order valence-electron chi connectivity index (χ3n) is 14.7. The number of nitrogens with zero attached hydrogens (tertiary/aromatic N) is 13. The molecule has 8 aromatic rings. The molecular weight excluding hydrogens is 1090 g/mol. The molecule has 0 bridgehead atoms. The SMILES string of the molecule is C=CC(=O)N1CCN(c2nc(OC[C@]3(F)CCCN(C)C3)nc3c(Oc4c(Cl)c(F)cc5[nH]ncc45)nccc23)CC1.CN1CCC[C@@](F)(COc2nc(N3CCCCC3)c3ccnc(Oc4c(Cl)c(F)cc5[nH]ncc45)c3n2)C1. The Kier molecular flexibility index (Phi) is 15.7. The fraction of sp³-hybridized carbons (Fsp3) is 0.426. The van der Waals surface area contributed by atoms with Gasteiger partial charge in [0.1, 0.15) is 57.6 Å². The summed E-state index contributed by atoms with van der Waals surface area (Å²) in [5.74, 6) is -0.0764. The highest BCUT2D eigenvalue weighted by molar-refractivity contribution is 6.34. The molecule has 0 spiro atoms. The first kappa shape index (κ1) is 54.5. The third kappa shape index (κ3) is 11.5. The molecule has 0 unspecified atom stereocenters. The lowest BCUT2D eigenvalue weighted by Crippen LogP contribution is -2.48. The van der Waals surface area contributed by atoms with Gasteiger partial charge in [0.15, 0.2) is 22.8 Å². The normalized spacial score (nSPS) is 20.3. The van der Waals surface area contributed by atoms with Crippen LogP contribution in [0.1, 0.15) is 44.9 Å². The number of hydrogen-bond acceptors (Lipinski definition) is 17. The van der Waals surface area contributed by atoms with Crippen LogP contribution in [0, 0.1) is 11.6 Å². The quantitative estimate of drug-likeness (QED) is 0.0815. The Morgan fingerprint density at radius 2 is 1.11 bits per heavy atom. The van der Waals surface area contributed by atoms with Gasteiger partial charge in [0.2, 0.25) is 17.7 Å². The largest absolute Gasteiger partial charge is 0.460 e. The molecule has 80 heavy (non-hydrogen) atoms. The number of piperidine rings is 3. The number of carbonyl (C=O) groups excluding carboxylic acids is 1. The number of benzene rings is 2. The van der Waals surface area contributed by atoms with E-state index in [9.17, 15) is 13.6 Å². The molecule has 0 saturated carbocycles. The lowest BCUT2D eigenvalue weighted by molar-refractivity contribution is -0.126. The summed E-state index contributed by atoms with van der Waals surface area (Å²) in [6.07, 6.45) is 12.9. The molecular formula is C54H57Cl2F4N15O5. The lowest BCUT2D eigenvalue weighted by atomic mass is 9.96. The van der Waals surface area contributed by atoms with Crippen LogP contribution < -0.4 is 28.7 Å². The van der Waals surface area contributed by atoms with Crippen LogP contribution in [0.15, 0.2) is 61.7 Å². The van der Waals surface area contributed by atoms with Crippen molar-refractivity contribution >= 4 is 84.4 Å². The summed E-state index contributed by atoms with van der Waals surface area (Å²) in [6, 6.07) is 6.02. The molecule has 4 saturated heterocycles. The monoisotopic (exact) mass is 1140 g/mol. The summed E-state index contributed by atoms with van der Waals surface area (Å²) in [5.41, 5.74) is -1.59. The average Bonchev–Trinajstić information content (AvgIpc) is 4.21. The second kappa shape index (κ2) is 23.0. The Morgan fingerprint density at radius 1 is 0.650 bits per heavy atom. The fourth-order valence-electron chi connectivity index (χ4n) is 10.8. The van der Waals surface area contributed by atoms with Crippen molar-refractivity contribution in [3.05, 3.63) is 83.4 Å². The van der Waals surface area contributed by atoms with Gasteiger partial charge in [0.05, 0.1) is 45.0 Å². The van der Waals surface area contributed by atoms with Crippen molar-refractivity contribution < 1.29 is 41.3 Å². The standard InChI is InChI=1S/C28H29ClF2N8O3.C26H28ClF2N7O2/c1-3-21(40)38-9-11-39(12-10-38)25-17-5-7-32-26(42-24-18-14-33-36-20(18)13-19(30)22(24)29)23(17)34-27(35-25)41-16-28(31)6-4-8-37(2)15-28;1-35-9-5-7-26(29,14-35)15-37-25-32-21-16(23(33-25)36-10-3-2-4-11-36)6-8-30-24(21)38-22-17-13-31-34-19(17)12-18(28)20(22)27/h3,5,7,13-14H,1,4,6,8-12,15-16H2,2H3,(H,33,36);6,8,12-13H,2-5,7,9-11,14-15H2,1H3,(H,31,34)/t28-;26-/m00/s1. The number of piperazine rings is 1. The number of ether oxygens (including phenoxy) is 4. The summed E-state index contributed by atoms with van der Waals surface area (Å²) >= 11 is 12.6. The van der Waals surface area contributed by atoms with Gasteiger partial charge in [0, 0.05) is 76.9 Å². The molecule has 2 aromatic carbocycles. The van der Waals surface area contributed by atoms with E-state index in [1.54, 1.807) is 17.2 Å². The zero-order valence-electron chi connectivity index (χ0n) is 44.0. The molecule has 4 aliphatic rings. The van der Waals surface area contributed by atoms with E-state index in [0.717, 1.165) is 51.9 Å². The third-order valence-corrected chi connectivity index (χ3v) is 15.4. The number of anilines is 2. The topological polar surface area (TPSA) is 205 Å². The second-order valence-electron chi connectivity index (χ2n) is 20.7. The first-order chi connectivity index (χ1) is 38.6. The maximum Gasteiger partial charge on any atom is 0.319 e. The number of likely N-dealkylation sites (tertiary alicyclic amines) is 2. The van der Waals surface area contributed by atoms with E-state index >= 15 is 8.78 Å². The van der Waals surface area contributed by atoms with E-state index in [4.69, 9.17) is 47.1 Å². The molecule has 6 aromatic heterocycles. The Labute approximate surface area is 466 Å². The summed E-state index contributed by atoms with van der Waals surface area (Å²) in [6.45, 7) is 8.90. The highest BCUT2D eigenvalue weighted by Crippen LogP contribution is 2.43. The van der Waals surface area contributed by atoms with E-state index in [1.807, 2.05) is 34.9 Å². The zero-order valence-corrected chi connectivity index (χ0v) is 45.5.